The van der Waals surface area contributed by atoms with Crippen LogP contribution in [0.2, 0.25) is 0 Å². The molecule has 2 rings (SSSR count). The minimum Gasteiger partial charge on any atom is -0.352 e. The number of fused-ring (bicyclic) bond motifs is 1. The molecule has 3 N–H and O–H groups in total. The van der Waals surface area contributed by atoms with Gasteiger partial charge in [-0.15, -0.1) is 0 Å². The third-order valence-corrected chi connectivity index (χ3v) is 3.22. The van der Waals surface area contributed by atoms with Crippen LogP contribution in [0.15, 0.2) is 36.5 Å². The van der Waals surface area contributed by atoms with E-state index in [9.17, 15) is 4.79 Å². The number of para-hydroxylation sites is 1. The zero-order valence-electron chi connectivity index (χ0n) is 11.1. The topological polar surface area (TPSA) is 68.0 Å². The van der Waals surface area contributed by atoms with Crippen LogP contribution in [0.4, 0.5) is 0 Å². The Bertz CT molecular complexity index is 563. The number of hydrogen-bond donors (Lipinski definition) is 2. The van der Waals surface area contributed by atoms with Crippen molar-refractivity contribution in [1.82, 2.24) is 10.3 Å². The van der Waals surface area contributed by atoms with Gasteiger partial charge in [0.15, 0.2) is 0 Å². The molecule has 4 heteroatoms. The maximum Gasteiger partial charge on any atom is 0.252 e. The van der Waals surface area contributed by atoms with Gasteiger partial charge in [-0.3, -0.25) is 9.78 Å². The number of nitrogens with one attached hydrogen (secondary N) is 1. The van der Waals surface area contributed by atoms with Crippen molar-refractivity contribution in [2.75, 3.05) is 6.54 Å². The van der Waals surface area contributed by atoms with Crippen molar-refractivity contribution in [3.8, 4) is 0 Å². The minimum atomic E-state index is -0.0677. The third kappa shape index (κ3) is 3.29. The van der Waals surface area contributed by atoms with Gasteiger partial charge in [-0.05, 0) is 25.0 Å². The molecular formula is C15H19N3O. The van der Waals surface area contributed by atoms with E-state index in [0.717, 1.165) is 23.7 Å². The molecule has 4 nitrogen and oxygen atoms in total. The van der Waals surface area contributed by atoms with Crippen molar-refractivity contribution in [3.05, 3.63) is 42.1 Å². The average Bonchev–Trinajstić information content (AvgIpc) is 2.46. The van der Waals surface area contributed by atoms with Crippen LogP contribution < -0.4 is 11.1 Å². The van der Waals surface area contributed by atoms with Crippen LogP contribution in [0.25, 0.3) is 10.9 Å². The van der Waals surface area contributed by atoms with E-state index < -0.39 is 0 Å². The van der Waals surface area contributed by atoms with Crippen LogP contribution in [0.1, 0.15) is 30.1 Å². The molecule has 0 radical (unpaired) electrons. The SMILES string of the molecule is CCC(N)CCNC(=O)c1ccnc2ccccc12. The Balaban J connectivity index is 2.09. The molecule has 100 valence electrons. The molecule has 0 spiro atoms. The van der Waals surface area contributed by atoms with Crippen molar-refractivity contribution >= 4 is 16.8 Å². The van der Waals surface area contributed by atoms with Gasteiger partial charge in [-0.2, -0.15) is 0 Å². The minimum absolute atomic E-state index is 0.0677. The maximum absolute atomic E-state index is 12.1. The lowest BCUT2D eigenvalue weighted by Gasteiger charge is -2.10. The van der Waals surface area contributed by atoms with Crippen molar-refractivity contribution in [2.24, 2.45) is 5.73 Å². The largest absolute Gasteiger partial charge is 0.352 e. The number of rotatable bonds is 5. The molecular weight excluding hydrogens is 238 g/mol. The summed E-state index contributed by atoms with van der Waals surface area (Å²) >= 11 is 0. The molecule has 1 amide bonds. The third-order valence-electron chi connectivity index (χ3n) is 3.22. The smallest absolute Gasteiger partial charge is 0.252 e. The number of pyridine rings is 1. The molecule has 1 unspecified atom stereocenters. The van der Waals surface area contributed by atoms with E-state index >= 15 is 0 Å². The Kier molecular flexibility index (Phi) is 4.47. The highest BCUT2D eigenvalue weighted by Crippen LogP contribution is 2.15. The van der Waals surface area contributed by atoms with Gasteiger partial charge in [-0.25, -0.2) is 0 Å². The van der Waals surface area contributed by atoms with E-state index in [1.54, 1.807) is 12.3 Å². The second kappa shape index (κ2) is 6.29. The summed E-state index contributed by atoms with van der Waals surface area (Å²) < 4.78 is 0. The molecule has 2 aromatic rings. The molecule has 1 aromatic heterocycles. The predicted octanol–water partition coefficient (Wildman–Crippen LogP) is 2.09. The van der Waals surface area contributed by atoms with E-state index in [2.05, 4.69) is 10.3 Å². The van der Waals surface area contributed by atoms with E-state index in [-0.39, 0.29) is 11.9 Å². The number of carbonyl (C=O) groups is 1. The van der Waals surface area contributed by atoms with Gasteiger partial charge in [0, 0.05) is 24.2 Å². The van der Waals surface area contributed by atoms with E-state index in [0.29, 0.717) is 12.1 Å². The summed E-state index contributed by atoms with van der Waals surface area (Å²) in [5, 5.41) is 3.79. The van der Waals surface area contributed by atoms with Gasteiger partial charge in [0.25, 0.3) is 5.91 Å². The molecule has 0 aliphatic rings. The number of amides is 1. The number of aromatic nitrogens is 1. The van der Waals surface area contributed by atoms with Gasteiger partial charge in [0.2, 0.25) is 0 Å². The zero-order valence-corrected chi connectivity index (χ0v) is 11.1. The molecule has 1 heterocycles. The molecule has 0 aliphatic heterocycles. The fourth-order valence-electron chi connectivity index (χ4n) is 1.96. The highest BCUT2D eigenvalue weighted by Gasteiger charge is 2.10. The summed E-state index contributed by atoms with van der Waals surface area (Å²) in [6, 6.07) is 9.53. The van der Waals surface area contributed by atoms with Crippen LogP contribution in [0.3, 0.4) is 0 Å². The summed E-state index contributed by atoms with van der Waals surface area (Å²) in [7, 11) is 0. The Morgan fingerprint density at radius 3 is 2.95 bits per heavy atom. The first-order valence-corrected chi connectivity index (χ1v) is 6.60. The number of carbonyl (C=O) groups excluding carboxylic acids is 1. The van der Waals surface area contributed by atoms with Crippen LogP contribution in [0.5, 0.6) is 0 Å². The second-order valence-electron chi connectivity index (χ2n) is 4.59. The Labute approximate surface area is 113 Å². The quantitative estimate of drug-likeness (QED) is 0.861. The Hall–Kier alpha value is -1.94. The van der Waals surface area contributed by atoms with Gasteiger partial charge < -0.3 is 11.1 Å². The van der Waals surface area contributed by atoms with Crippen LogP contribution in [0, 0.1) is 0 Å². The van der Waals surface area contributed by atoms with E-state index in [4.69, 9.17) is 5.73 Å². The number of benzene rings is 1. The lowest BCUT2D eigenvalue weighted by Crippen LogP contribution is -2.30. The predicted molar refractivity (Wildman–Crippen MR) is 77.0 cm³/mol. The monoisotopic (exact) mass is 257 g/mol. The first-order valence-electron chi connectivity index (χ1n) is 6.60. The van der Waals surface area contributed by atoms with Gasteiger partial charge >= 0.3 is 0 Å². The fourth-order valence-corrected chi connectivity index (χ4v) is 1.96. The maximum atomic E-state index is 12.1. The van der Waals surface area contributed by atoms with Crippen molar-refractivity contribution < 1.29 is 4.79 Å². The Morgan fingerprint density at radius 2 is 2.16 bits per heavy atom. The average molecular weight is 257 g/mol. The molecule has 0 fully saturated rings. The van der Waals surface area contributed by atoms with E-state index in [1.807, 2.05) is 31.2 Å². The zero-order chi connectivity index (χ0) is 13.7. The number of hydrogen-bond acceptors (Lipinski definition) is 3. The molecule has 0 bridgehead atoms. The molecule has 1 aromatic carbocycles. The summed E-state index contributed by atoms with van der Waals surface area (Å²) in [5.74, 6) is -0.0677. The first kappa shape index (κ1) is 13.5. The first-order chi connectivity index (χ1) is 9.22. The number of nitrogens with two attached hydrogens (primary N) is 1. The molecule has 1 atom stereocenters. The highest BCUT2D eigenvalue weighted by atomic mass is 16.1. The lowest BCUT2D eigenvalue weighted by atomic mass is 10.1. The van der Waals surface area contributed by atoms with Crippen molar-refractivity contribution in [3.63, 3.8) is 0 Å². The molecule has 0 aliphatic carbocycles. The second-order valence-corrected chi connectivity index (χ2v) is 4.59. The van der Waals surface area contributed by atoms with Crippen LogP contribution >= 0.6 is 0 Å². The van der Waals surface area contributed by atoms with Gasteiger partial charge in [0.1, 0.15) is 0 Å². The van der Waals surface area contributed by atoms with Gasteiger partial charge in [0.05, 0.1) is 11.1 Å². The van der Waals surface area contributed by atoms with Crippen LogP contribution in [-0.2, 0) is 0 Å². The van der Waals surface area contributed by atoms with Crippen molar-refractivity contribution in [1.29, 1.82) is 0 Å². The number of nitrogens with zero attached hydrogens (tertiary/aromatic N) is 1. The fraction of sp³-hybridized carbons (Fsp3) is 0.333. The lowest BCUT2D eigenvalue weighted by molar-refractivity contribution is 0.0954. The molecule has 0 saturated heterocycles. The van der Waals surface area contributed by atoms with Crippen LogP contribution in [-0.4, -0.2) is 23.5 Å². The molecule has 19 heavy (non-hydrogen) atoms. The molecule has 0 saturated carbocycles. The summed E-state index contributed by atoms with van der Waals surface area (Å²) in [6.07, 6.45) is 3.38. The standard InChI is InChI=1S/C15H19N3O/c1-2-11(16)7-9-18-15(19)13-8-10-17-14-6-4-3-5-12(13)14/h3-6,8,10-11H,2,7,9,16H2,1H3,(H,18,19). The normalized spacial score (nSPS) is 12.3. The Morgan fingerprint density at radius 1 is 1.37 bits per heavy atom. The van der Waals surface area contributed by atoms with Gasteiger partial charge in [-0.1, -0.05) is 25.1 Å². The summed E-state index contributed by atoms with van der Waals surface area (Å²) in [6.45, 7) is 2.65. The van der Waals surface area contributed by atoms with Crippen molar-refractivity contribution in [2.45, 2.75) is 25.8 Å². The van der Waals surface area contributed by atoms with E-state index in [1.165, 1.54) is 0 Å². The highest BCUT2D eigenvalue weighted by molar-refractivity contribution is 6.05. The summed E-state index contributed by atoms with van der Waals surface area (Å²) in [4.78, 5) is 16.4. The summed E-state index contributed by atoms with van der Waals surface area (Å²) in [5.41, 5.74) is 7.32.